The average Bonchev–Trinajstić information content (AvgIpc) is 3.13. The maximum Gasteiger partial charge on any atom is 0.255 e. The van der Waals surface area contributed by atoms with E-state index in [9.17, 15) is 4.79 Å². The zero-order chi connectivity index (χ0) is 13.5. The van der Waals surface area contributed by atoms with E-state index in [-0.39, 0.29) is 5.91 Å². The van der Waals surface area contributed by atoms with Crippen molar-refractivity contribution in [3.05, 3.63) is 47.0 Å². The zero-order valence-electron chi connectivity index (χ0n) is 10.7. The predicted octanol–water partition coefficient (Wildman–Crippen LogP) is 2.22. The molecule has 3 aromatic rings. The van der Waals surface area contributed by atoms with Crippen molar-refractivity contribution < 1.29 is 4.79 Å². The first-order valence-electron chi connectivity index (χ1n) is 6.45. The Balaban J connectivity index is 1.64. The Bertz CT molecular complexity index is 791. The van der Waals surface area contributed by atoms with Crippen molar-refractivity contribution in [3.8, 4) is 0 Å². The number of imidazole rings is 1. The second-order valence-electron chi connectivity index (χ2n) is 4.83. The number of nitrogens with zero attached hydrogens (tertiary/aromatic N) is 3. The lowest BCUT2D eigenvalue weighted by Crippen LogP contribution is -2.36. The molecule has 1 amide bonds. The molecule has 3 aromatic heterocycles. The number of carbonyl (C=O) groups excluding carboxylic acids is 1. The number of hydrogen-bond acceptors (Lipinski definition) is 4. The predicted molar refractivity (Wildman–Crippen MR) is 76.7 cm³/mol. The number of carbonyl (C=O) groups is 1. The molecule has 100 valence electrons. The van der Waals surface area contributed by atoms with Crippen LogP contribution in [0.1, 0.15) is 21.7 Å². The van der Waals surface area contributed by atoms with Crippen molar-refractivity contribution in [2.24, 2.45) is 0 Å². The van der Waals surface area contributed by atoms with Crippen LogP contribution < -0.4 is 0 Å². The molecule has 0 atom stereocenters. The van der Waals surface area contributed by atoms with Crippen molar-refractivity contribution in [1.29, 1.82) is 0 Å². The standard InChI is InChI=1S/C14H12N4OS/c19-14(9-5-13-11(15-6-9)2-4-20-13)18-3-1-10-12(7-18)17-8-16-10/h2,4-6,8H,1,3,7H2,(H,16,17). The summed E-state index contributed by atoms with van der Waals surface area (Å²) in [6.07, 6.45) is 4.16. The van der Waals surface area contributed by atoms with Crippen LogP contribution in [0.2, 0.25) is 0 Å². The van der Waals surface area contributed by atoms with Crippen LogP contribution in [0.15, 0.2) is 30.0 Å². The Morgan fingerprint density at radius 1 is 1.40 bits per heavy atom. The zero-order valence-corrected chi connectivity index (χ0v) is 11.5. The molecule has 0 spiro atoms. The molecule has 1 aliphatic heterocycles. The first kappa shape index (κ1) is 11.6. The second kappa shape index (κ2) is 4.42. The minimum atomic E-state index is 0.0352. The summed E-state index contributed by atoms with van der Waals surface area (Å²) in [4.78, 5) is 26.1. The summed E-state index contributed by atoms with van der Waals surface area (Å²) >= 11 is 1.61. The highest BCUT2D eigenvalue weighted by molar-refractivity contribution is 7.17. The van der Waals surface area contributed by atoms with Crippen molar-refractivity contribution in [1.82, 2.24) is 19.9 Å². The third kappa shape index (κ3) is 1.80. The summed E-state index contributed by atoms with van der Waals surface area (Å²) in [5.74, 6) is 0.0352. The normalized spacial score (nSPS) is 14.5. The van der Waals surface area contributed by atoms with Gasteiger partial charge in [0.15, 0.2) is 0 Å². The first-order valence-corrected chi connectivity index (χ1v) is 7.33. The van der Waals surface area contributed by atoms with Gasteiger partial charge in [0.1, 0.15) is 0 Å². The van der Waals surface area contributed by atoms with Gasteiger partial charge in [-0.15, -0.1) is 11.3 Å². The smallest absolute Gasteiger partial charge is 0.255 e. The van der Waals surface area contributed by atoms with E-state index in [0.717, 1.165) is 28.0 Å². The van der Waals surface area contributed by atoms with Crippen LogP contribution in [0.3, 0.4) is 0 Å². The fraction of sp³-hybridized carbons (Fsp3) is 0.214. The van der Waals surface area contributed by atoms with Crippen molar-refractivity contribution >= 4 is 27.5 Å². The molecule has 5 nitrogen and oxygen atoms in total. The van der Waals surface area contributed by atoms with Gasteiger partial charge in [-0.3, -0.25) is 9.78 Å². The van der Waals surface area contributed by atoms with Crippen molar-refractivity contribution in [3.63, 3.8) is 0 Å². The van der Waals surface area contributed by atoms with Crippen LogP contribution in [-0.4, -0.2) is 32.3 Å². The number of aromatic amines is 1. The van der Waals surface area contributed by atoms with Gasteiger partial charge >= 0.3 is 0 Å². The van der Waals surface area contributed by atoms with E-state index in [1.54, 1.807) is 23.9 Å². The maximum absolute atomic E-state index is 12.6. The SMILES string of the molecule is O=C(c1cnc2ccsc2c1)N1CCc2nc[nH]c2C1. The van der Waals surface area contributed by atoms with Crippen LogP contribution in [0.5, 0.6) is 0 Å². The highest BCUT2D eigenvalue weighted by Gasteiger charge is 2.23. The van der Waals surface area contributed by atoms with Gasteiger partial charge in [0.2, 0.25) is 0 Å². The van der Waals surface area contributed by atoms with E-state index in [4.69, 9.17) is 0 Å². The number of thiophene rings is 1. The lowest BCUT2D eigenvalue weighted by molar-refractivity contribution is 0.0731. The molecule has 0 aromatic carbocycles. The minimum Gasteiger partial charge on any atom is -0.347 e. The highest BCUT2D eigenvalue weighted by Crippen LogP contribution is 2.22. The Kier molecular flexibility index (Phi) is 2.56. The van der Waals surface area contributed by atoms with Crippen LogP contribution in [-0.2, 0) is 13.0 Å². The third-order valence-electron chi connectivity index (χ3n) is 3.61. The van der Waals surface area contributed by atoms with Crippen LogP contribution >= 0.6 is 11.3 Å². The molecule has 0 saturated heterocycles. The summed E-state index contributed by atoms with van der Waals surface area (Å²) in [6.45, 7) is 1.30. The fourth-order valence-electron chi connectivity index (χ4n) is 2.53. The van der Waals surface area contributed by atoms with Crippen molar-refractivity contribution in [2.75, 3.05) is 6.54 Å². The molecule has 4 heterocycles. The maximum atomic E-state index is 12.6. The van der Waals surface area contributed by atoms with Crippen LogP contribution in [0, 0.1) is 0 Å². The Hall–Kier alpha value is -2.21. The summed E-state index contributed by atoms with van der Waals surface area (Å²) in [5.41, 5.74) is 3.71. The second-order valence-corrected chi connectivity index (χ2v) is 5.78. The number of H-pyrrole nitrogens is 1. The van der Waals surface area contributed by atoms with Crippen LogP contribution in [0.25, 0.3) is 10.2 Å². The molecule has 1 N–H and O–H groups in total. The van der Waals surface area contributed by atoms with Gasteiger partial charge in [-0.25, -0.2) is 4.98 Å². The van der Waals surface area contributed by atoms with E-state index in [1.807, 2.05) is 22.4 Å². The quantitative estimate of drug-likeness (QED) is 0.745. The topological polar surface area (TPSA) is 61.9 Å². The van der Waals surface area contributed by atoms with Gasteiger partial charge in [0.25, 0.3) is 5.91 Å². The summed E-state index contributed by atoms with van der Waals surface area (Å²) in [7, 11) is 0. The van der Waals surface area contributed by atoms with Crippen molar-refractivity contribution in [2.45, 2.75) is 13.0 Å². The van der Waals surface area contributed by atoms with Gasteiger partial charge in [-0.05, 0) is 17.5 Å². The van der Waals surface area contributed by atoms with Gasteiger partial charge in [0, 0.05) is 19.2 Å². The number of amides is 1. The van der Waals surface area contributed by atoms with E-state index in [0.29, 0.717) is 18.7 Å². The highest BCUT2D eigenvalue weighted by atomic mass is 32.1. The minimum absolute atomic E-state index is 0.0352. The number of pyridine rings is 1. The molecule has 20 heavy (non-hydrogen) atoms. The number of hydrogen-bond donors (Lipinski definition) is 1. The number of aromatic nitrogens is 3. The Labute approximate surface area is 119 Å². The molecular formula is C14H12N4OS. The average molecular weight is 284 g/mol. The molecule has 0 bridgehead atoms. The molecule has 4 rings (SSSR count). The molecule has 0 unspecified atom stereocenters. The Morgan fingerprint density at radius 3 is 3.30 bits per heavy atom. The van der Waals surface area contributed by atoms with Crippen LogP contribution in [0.4, 0.5) is 0 Å². The number of rotatable bonds is 1. The Morgan fingerprint density at radius 2 is 2.35 bits per heavy atom. The molecule has 0 aliphatic carbocycles. The van der Waals surface area contributed by atoms with Gasteiger partial charge in [-0.2, -0.15) is 0 Å². The summed E-state index contributed by atoms with van der Waals surface area (Å²) in [5, 5.41) is 1.99. The molecule has 0 fully saturated rings. The molecular weight excluding hydrogens is 272 g/mol. The summed E-state index contributed by atoms with van der Waals surface area (Å²) in [6, 6.07) is 3.89. The largest absolute Gasteiger partial charge is 0.347 e. The fourth-order valence-corrected chi connectivity index (χ4v) is 3.31. The number of nitrogens with one attached hydrogen (secondary N) is 1. The van der Waals surface area contributed by atoms with Gasteiger partial charge in [0.05, 0.1) is 40.0 Å². The van der Waals surface area contributed by atoms with E-state index < -0.39 is 0 Å². The van der Waals surface area contributed by atoms with E-state index in [1.165, 1.54) is 0 Å². The van der Waals surface area contributed by atoms with E-state index >= 15 is 0 Å². The van der Waals surface area contributed by atoms with E-state index in [2.05, 4.69) is 15.0 Å². The van der Waals surface area contributed by atoms with Gasteiger partial charge < -0.3 is 9.88 Å². The first-order chi connectivity index (χ1) is 9.81. The molecule has 0 saturated carbocycles. The molecule has 0 radical (unpaired) electrons. The monoisotopic (exact) mass is 284 g/mol. The lowest BCUT2D eigenvalue weighted by atomic mass is 10.1. The molecule has 1 aliphatic rings. The summed E-state index contributed by atoms with van der Waals surface area (Å²) < 4.78 is 1.05. The lowest BCUT2D eigenvalue weighted by Gasteiger charge is -2.26. The van der Waals surface area contributed by atoms with Gasteiger partial charge in [-0.1, -0.05) is 0 Å². The number of fused-ring (bicyclic) bond motifs is 2. The third-order valence-corrected chi connectivity index (χ3v) is 4.46. The molecule has 6 heteroatoms.